The summed E-state index contributed by atoms with van der Waals surface area (Å²) in [5.41, 5.74) is 7.23. The number of esters is 1. The minimum absolute atomic E-state index is 0.246. The Morgan fingerprint density at radius 2 is 1.44 bits per heavy atom. The van der Waals surface area contributed by atoms with Crippen molar-refractivity contribution < 1.29 is 19.1 Å². The molecule has 2 amide bonds. The van der Waals surface area contributed by atoms with Crippen LogP contribution in [-0.4, -0.2) is 30.9 Å². The van der Waals surface area contributed by atoms with Gasteiger partial charge < -0.3 is 21.1 Å². The van der Waals surface area contributed by atoms with Crippen molar-refractivity contribution in [3.05, 3.63) is 59.7 Å². The fraction of sp³-hybridized carbons (Fsp3) is 0.167. The molecule has 25 heavy (non-hydrogen) atoms. The summed E-state index contributed by atoms with van der Waals surface area (Å²) in [5.74, 6) is -1.19. The number of carbonyl (C=O) groups excluding carboxylic acids is 3. The first-order chi connectivity index (χ1) is 11.9. The van der Waals surface area contributed by atoms with Crippen molar-refractivity contribution in [1.82, 2.24) is 0 Å². The van der Waals surface area contributed by atoms with Crippen LogP contribution in [-0.2, 0) is 9.53 Å². The molecule has 0 aliphatic heterocycles. The van der Waals surface area contributed by atoms with Crippen LogP contribution in [0.4, 0.5) is 11.4 Å². The molecule has 0 aromatic heterocycles. The van der Waals surface area contributed by atoms with Crippen LogP contribution in [0.5, 0.6) is 0 Å². The first kappa shape index (κ1) is 18.0. The van der Waals surface area contributed by atoms with E-state index in [-0.39, 0.29) is 5.91 Å². The fourth-order valence-electron chi connectivity index (χ4n) is 2.10. The van der Waals surface area contributed by atoms with E-state index in [4.69, 9.17) is 5.73 Å². The molecule has 0 radical (unpaired) electrons. The van der Waals surface area contributed by atoms with Crippen molar-refractivity contribution in [2.45, 2.75) is 13.0 Å². The quantitative estimate of drug-likeness (QED) is 0.696. The number of nitrogens with one attached hydrogen (secondary N) is 2. The first-order valence-electron chi connectivity index (χ1n) is 7.56. The van der Waals surface area contributed by atoms with Crippen molar-refractivity contribution in [2.24, 2.45) is 5.73 Å². The highest BCUT2D eigenvalue weighted by molar-refractivity contribution is 5.97. The molecule has 0 saturated heterocycles. The van der Waals surface area contributed by atoms with Gasteiger partial charge in [0.05, 0.1) is 12.7 Å². The highest BCUT2D eigenvalue weighted by Gasteiger charge is 2.13. The van der Waals surface area contributed by atoms with Crippen LogP contribution in [0.3, 0.4) is 0 Å². The minimum atomic E-state index is -0.525. The van der Waals surface area contributed by atoms with Crippen LogP contribution in [0.2, 0.25) is 0 Å². The monoisotopic (exact) mass is 341 g/mol. The van der Waals surface area contributed by atoms with Gasteiger partial charge in [-0.3, -0.25) is 9.59 Å². The van der Waals surface area contributed by atoms with E-state index in [9.17, 15) is 14.4 Å². The number of carbonyl (C=O) groups is 3. The van der Waals surface area contributed by atoms with Gasteiger partial charge in [0, 0.05) is 16.9 Å². The first-order valence-corrected chi connectivity index (χ1v) is 7.56. The number of rotatable bonds is 6. The van der Waals surface area contributed by atoms with Crippen molar-refractivity contribution in [3.8, 4) is 0 Å². The Hall–Kier alpha value is -3.35. The second kappa shape index (κ2) is 7.96. The Kier molecular flexibility index (Phi) is 5.73. The summed E-state index contributed by atoms with van der Waals surface area (Å²) in [4.78, 5) is 34.6. The summed E-state index contributed by atoms with van der Waals surface area (Å²) in [6, 6.07) is 12.4. The number of hydrogen-bond acceptors (Lipinski definition) is 5. The molecule has 7 heteroatoms. The molecule has 0 fully saturated rings. The van der Waals surface area contributed by atoms with E-state index in [0.29, 0.717) is 22.5 Å². The van der Waals surface area contributed by atoms with Gasteiger partial charge in [-0.25, -0.2) is 4.79 Å². The number of amides is 2. The number of benzene rings is 2. The Morgan fingerprint density at radius 1 is 0.920 bits per heavy atom. The third-order valence-corrected chi connectivity index (χ3v) is 3.52. The third-order valence-electron chi connectivity index (χ3n) is 3.52. The van der Waals surface area contributed by atoms with Crippen molar-refractivity contribution in [1.29, 1.82) is 0 Å². The van der Waals surface area contributed by atoms with E-state index < -0.39 is 17.9 Å². The lowest BCUT2D eigenvalue weighted by Gasteiger charge is -2.15. The smallest absolute Gasteiger partial charge is 0.337 e. The third kappa shape index (κ3) is 4.81. The molecule has 0 aliphatic carbocycles. The number of hydrogen-bond donors (Lipinski definition) is 3. The van der Waals surface area contributed by atoms with Crippen molar-refractivity contribution in [2.75, 3.05) is 17.7 Å². The Bertz CT molecular complexity index is 770. The van der Waals surface area contributed by atoms with Crippen LogP contribution in [0.15, 0.2) is 48.5 Å². The molecule has 4 N–H and O–H groups in total. The van der Waals surface area contributed by atoms with E-state index in [0.717, 1.165) is 0 Å². The second-order valence-electron chi connectivity index (χ2n) is 5.37. The SMILES string of the molecule is COC(=O)c1ccc(NC(C)C(=O)Nc2ccc(C(N)=O)cc2)cc1. The zero-order valence-corrected chi connectivity index (χ0v) is 13.9. The summed E-state index contributed by atoms with van der Waals surface area (Å²) in [5, 5.41) is 5.78. The van der Waals surface area contributed by atoms with Gasteiger partial charge in [-0.05, 0) is 55.5 Å². The minimum Gasteiger partial charge on any atom is -0.465 e. The lowest BCUT2D eigenvalue weighted by molar-refractivity contribution is -0.116. The molecule has 2 rings (SSSR count). The molecule has 1 unspecified atom stereocenters. The number of nitrogens with two attached hydrogens (primary N) is 1. The van der Waals surface area contributed by atoms with E-state index in [1.54, 1.807) is 55.5 Å². The van der Waals surface area contributed by atoms with E-state index in [1.165, 1.54) is 7.11 Å². The number of methoxy groups -OCH3 is 1. The fourth-order valence-corrected chi connectivity index (χ4v) is 2.10. The number of anilines is 2. The molecule has 130 valence electrons. The summed E-state index contributed by atoms with van der Waals surface area (Å²) < 4.78 is 4.63. The second-order valence-corrected chi connectivity index (χ2v) is 5.37. The lowest BCUT2D eigenvalue weighted by Crippen LogP contribution is -2.31. The average Bonchev–Trinajstić information content (AvgIpc) is 2.62. The summed E-state index contributed by atoms with van der Waals surface area (Å²) >= 11 is 0. The average molecular weight is 341 g/mol. The van der Waals surface area contributed by atoms with Crippen LogP contribution in [0.1, 0.15) is 27.6 Å². The normalized spacial score (nSPS) is 11.3. The molecule has 2 aromatic rings. The van der Waals surface area contributed by atoms with Gasteiger partial charge in [-0.1, -0.05) is 0 Å². The standard InChI is InChI=1S/C18H19N3O4/c1-11(20-14-9-5-13(6-10-14)18(24)25-2)17(23)21-15-7-3-12(4-8-15)16(19)22/h3-11,20H,1-2H3,(H2,19,22)(H,21,23). The number of primary amides is 1. The maximum Gasteiger partial charge on any atom is 0.337 e. The largest absolute Gasteiger partial charge is 0.465 e. The predicted molar refractivity (Wildman–Crippen MR) is 94.5 cm³/mol. The molecular formula is C18H19N3O4. The van der Waals surface area contributed by atoms with E-state index in [2.05, 4.69) is 15.4 Å². The van der Waals surface area contributed by atoms with Crippen molar-refractivity contribution in [3.63, 3.8) is 0 Å². The summed E-state index contributed by atoms with van der Waals surface area (Å²) in [7, 11) is 1.32. The Balaban J connectivity index is 1.95. The van der Waals surface area contributed by atoms with Crippen LogP contribution in [0, 0.1) is 0 Å². The van der Waals surface area contributed by atoms with Crippen LogP contribution in [0.25, 0.3) is 0 Å². The zero-order valence-electron chi connectivity index (χ0n) is 13.9. The Labute approximate surface area is 145 Å². The van der Waals surface area contributed by atoms with Crippen molar-refractivity contribution >= 4 is 29.2 Å². The van der Waals surface area contributed by atoms with Gasteiger partial charge in [0.25, 0.3) is 0 Å². The van der Waals surface area contributed by atoms with Gasteiger partial charge >= 0.3 is 5.97 Å². The van der Waals surface area contributed by atoms with Gasteiger partial charge in [-0.15, -0.1) is 0 Å². The van der Waals surface area contributed by atoms with Gasteiger partial charge in [0.15, 0.2) is 0 Å². The molecular weight excluding hydrogens is 322 g/mol. The predicted octanol–water partition coefficient (Wildman–Crippen LogP) is 2.01. The molecule has 2 aromatic carbocycles. The summed E-state index contributed by atoms with van der Waals surface area (Å²) in [6.07, 6.45) is 0. The molecule has 0 heterocycles. The van der Waals surface area contributed by atoms with Gasteiger partial charge in [0.2, 0.25) is 11.8 Å². The zero-order chi connectivity index (χ0) is 18.4. The maximum atomic E-state index is 12.2. The molecule has 0 bridgehead atoms. The molecule has 1 atom stereocenters. The molecule has 0 aliphatic rings. The molecule has 0 spiro atoms. The van der Waals surface area contributed by atoms with E-state index in [1.807, 2.05) is 0 Å². The highest BCUT2D eigenvalue weighted by Crippen LogP contribution is 2.13. The summed E-state index contributed by atoms with van der Waals surface area (Å²) in [6.45, 7) is 1.71. The van der Waals surface area contributed by atoms with Crippen LogP contribution >= 0.6 is 0 Å². The van der Waals surface area contributed by atoms with E-state index >= 15 is 0 Å². The maximum absolute atomic E-state index is 12.2. The molecule has 7 nitrogen and oxygen atoms in total. The topological polar surface area (TPSA) is 111 Å². The van der Waals surface area contributed by atoms with Gasteiger partial charge in [0.1, 0.15) is 6.04 Å². The lowest BCUT2D eigenvalue weighted by atomic mass is 10.2. The number of ether oxygens (including phenoxy) is 1. The molecule has 0 saturated carbocycles. The highest BCUT2D eigenvalue weighted by atomic mass is 16.5. The van der Waals surface area contributed by atoms with Gasteiger partial charge in [-0.2, -0.15) is 0 Å². The van der Waals surface area contributed by atoms with Crippen LogP contribution < -0.4 is 16.4 Å². The Morgan fingerprint density at radius 3 is 1.96 bits per heavy atom.